The smallest absolute Gasteiger partial charge is 0.103 e. The Bertz CT molecular complexity index is 108. The van der Waals surface area contributed by atoms with Crippen LogP contribution in [0.4, 0.5) is 0 Å². The maximum Gasteiger partial charge on any atom is 0.103 e. The van der Waals surface area contributed by atoms with Gasteiger partial charge in [0.2, 0.25) is 0 Å². The Balaban J connectivity index is 2.77. The van der Waals surface area contributed by atoms with E-state index in [9.17, 15) is 0 Å². The van der Waals surface area contributed by atoms with Gasteiger partial charge in [-0.05, 0) is 13.8 Å². The third-order valence-electron chi connectivity index (χ3n) is 0.783. The van der Waals surface area contributed by atoms with Crippen molar-refractivity contribution in [2.45, 2.75) is 19.4 Å². The second-order valence-corrected chi connectivity index (χ2v) is 2.05. The molecule has 0 aromatic rings. The average molecular weight is 95.1 g/mol. The lowest BCUT2D eigenvalue weighted by Crippen LogP contribution is -2.08. The molecule has 1 aliphatic rings. The zero-order valence-electron chi connectivity index (χ0n) is 4.47. The number of rotatable bonds is 0. The lowest BCUT2D eigenvalue weighted by molar-refractivity contribution is 0.628. The molecule has 0 saturated carbocycles. The summed E-state index contributed by atoms with van der Waals surface area (Å²) in [7, 11) is 0. The summed E-state index contributed by atoms with van der Waals surface area (Å²) in [5, 5.41) is 7.45. The number of hydrogen-bond donors (Lipinski definition) is 0. The fourth-order valence-corrected chi connectivity index (χ4v) is 0.389. The van der Waals surface area contributed by atoms with Crippen LogP contribution < -0.4 is 0 Å². The van der Waals surface area contributed by atoms with Crippen LogP contribution in [-0.4, -0.2) is 5.54 Å². The molecule has 7 heavy (non-hydrogen) atoms. The van der Waals surface area contributed by atoms with Crippen LogP contribution in [0, 0.1) is 6.08 Å². The van der Waals surface area contributed by atoms with Gasteiger partial charge in [0, 0.05) is 6.08 Å². The van der Waals surface area contributed by atoms with Crippen LogP contribution in [0.25, 0.3) is 0 Å². The minimum absolute atomic E-state index is 0.153. The third kappa shape index (κ3) is 0.856. The first kappa shape index (κ1) is 4.50. The van der Waals surface area contributed by atoms with Crippen molar-refractivity contribution < 1.29 is 0 Å². The van der Waals surface area contributed by atoms with Crippen LogP contribution in [0.3, 0.4) is 0 Å². The predicted molar refractivity (Wildman–Crippen MR) is 26.7 cm³/mol. The fourth-order valence-electron chi connectivity index (χ4n) is 0.389. The molecule has 1 aliphatic heterocycles. The molecule has 0 N–H and O–H groups in total. The molecule has 0 aromatic heterocycles. The SMILES string of the molecule is CC1(C)[C]=CN=N1. The number of hydrogen-bond acceptors (Lipinski definition) is 2. The molecular formula is C5H7N2. The Morgan fingerprint density at radius 3 is 2.43 bits per heavy atom. The monoisotopic (exact) mass is 95.1 g/mol. The Morgan fingerprint density at radius 2 is 2.29 bits per heavy atom. The van der Waals surface area contributed by atoms with Crippen LogP contribution in [-0.2, 0) is 0 Å². The van der Waals surface area contributed by atoms with Crippen LogP contribution in [0.5, 0.6) is 0 Å². The molecule has 0 bridgehead atoms. The van der Waals surface area contributed by atoms with Gasteiger partial charge in [-0.2, -0.15) is 10.2 Å². The summed E-state index contributed by atoms with van der Waals surface area (Å²) in [6.07, 6.45) is 4.53. The standard InChI is InChI=1S/C5H7N2/c1-5(2)3-4-6-7-5/h4H,1-2H3. The van der Waals surface area contributed by atoms with Crippen LogP contribution >= 0.6 is 0 Å². The van der Waals surface area contributed by atoms with Gasteiger partial charge >= 0.3 is 0 Å². The van der Waals surface area contributed by atoms with E-state index in [1.54, 1.807) is 6.20 Å². The van der Waals surface area contributed by atoms with Crippen molar-refractivity contribution in [1.82, 2.24) is 0 Å². The van der Waals surface area contributed by atoms with E-state index in [0.29, 0.717) is 0 Å². The molecule has 0 atom stereocenters. The molecule has 2 heteroatoms. The fraction of sp³-hybridized carbons (Fsp3) is 0.600. The Morgan fingerprint density at radius 1 is 1.57 bits per heavy atom. The highest BCUT2D eigenvalue weighted by Crippen LogP contribution is 2.14. The van der Waals surface area contributed by atoms with E-state index in [0.717, 1.165) is 0 Å². The van der Waals surface area contributed by atoms with E-state index in [1.165, 1.54) is 0 Å². The zero-order chi connectivity index (χ0) is 5.33. The first-order chi connectivity index (χ1) is 3.21. The Labute approximate surface area is 43.0 Å². The van der Waals surface area contributed by atoms with Crippen molar-refractivity contribution in [3.05, 3.63) is 12.3 Å². The van der Waals surface area contributed by atoms with E-state index < -0.39 is 0 Å². The highest BCUT2D eigenvalue weighted by atomic mass is 15.2. The summed E-state index contributed by atoms with van der Waals surface area (Å²) in [6, 6.07) is 0. The molecule has 1 heterocycles. The van der Waals surface area contributed by atoms with Gasteiger partial charge in [-0.1, -0.05) is 0 Å². The molecule has 1 radical (unpaired) electrons. The van der Waals surface area contributed by atoms with Crippen molar-refractivity contribution in [2.75, 3.05) is 0 Å². The van der Waals surface area contributed by atoms with Gasteiger partial charge in [0.1, 0.15) is 5.54 Å². The number of nitrogens with zero attached hydrogens (tertiary/aromatic N) is 2. The van der Waals surface area contributed by atoms with Gasteiger partial charge in [-0.3, -0.25) is 0 Å². The van der Waals surface area contributed by atoms with E-state index >= 15 is 0 Å². The second-order valence-electron chi connectivity index (χ2n) is 2.05. The molecule has 0 aliphatic carbocycles. The van der Waals surface area contributed by atoms with Crippen molar-refractivity contribution in [2.24, 2.45) is 10.2 Å². The summed E-state index contributed by atoms with van der Waals surface area (Å²) < 4.78 is 0. The molecule has 0 aromatic carbocycles. The van der Waals surface area contributed by atoms with E-state index in [-0.39, 0.29) is 5.54 Å². The van der Waals surface area contributed by atoms with Gasteiger partial charge in [0.05, 0.1) is 6.20 Å². The predicted octanol–water partition coefficient (Wildman–Crippen LogP) is 1.55. The maximum atomic E-state index is 3.83. The molecule has 1 rings (SSSR count). The highest BCUT2D eigenvalue weighted by Gasteiger charge is 2.14. The lowest BCUT2D eigenvalue weighted by atomic mass is 10.1. The van der Waals surface area contributed by atoms with Gasteiger partial charge < -0.3 is 0 Å². The molecule has 37 valence electrons. The minimum atomic E-state index is -0.153. The lowest BCUT2D eigenvalue weighted by Gasteiger charge is -2.03. The first-order valence-electron chi connectivity index (χ1n) is 2.22. The van der Waals surface area contributed by atoms with E-state index in [1.807, 2.05) is 13.8 Å². The van der Waals surface area contributed by atoms with Gasteiger partial charge in [-0.25, -0.2) is 0 Å². The van der Waals surface area contributed by atoms with E-state index in [2.05, 4.69) is 16.3 Å². The van der Waals surface area contributed by atoms with Gasteiger partial charge in [0.15, 0.2) is 0 Å². The second kappa shape index (κ2) is 1.15. The molecule has 0 unspecified atom stereocenters. The summed E-state index contributed by atoms with van der Waals surface area (Å²) in [6.45, 7) is 3.92. The summed E-state index contributed by atoms with van der Waals surface area (Å²) in [5.41, 5.74) is -0.153. The molecular weight excluding hydrogens is 88.1 g/mol. The normalized spacial score (nSPS) is 23.7. The molecule has 0 amide bonds. The maximum absolute atomic E-state index is 3.83. The van der Waals surface area contributed by atoms with Gasteiger partial charge in [-0.15, -0.1) is 0 Å². The molecule has 0 fully saturated rings. The topological polar surface area (TPSA) is 24.7 Å². The molecule has 2 nitrogen and oxygen atoms in total. The minimum Gasteiger partial charge on any atom is -0.178 e. The van der Waals surface area contributed by atoms with Crippen LogP contribution in [0.15, 0.2) is 16.4 Å². The van der Waals surface area contributed by atoms with Crippen molar-refractivity contribution >= 4 is 0 Å². The molecule has 0 saturated heterocycles. The van der Waals surface area contributed by atoms with Crippen molar-refractivity contribution in [3.8, 4) is 0 Å². The van der Waals surface area contributed by atoms with Crippen molar-refractivity contribution in [1.29, 1.82) is 0 Å². The summed E-state index contributed by atoms with van der Waals surface area (Å²) in [4.78, 5) is 0. The Hall–Kier alpha value is -0.660. The Kier molecular flexibility index (Phi) is 0.741. The highest BCUT2D eigenvalue weighted by molar-refractivity contribution is 4.96. The summed E-state index contributed by atoms with van der Waals surface area (Å²) >= 11 is 0. The zero-order valence-corrected chi connectivity index (χ0v) is 4.47. The largest absolute Gasteiger partial charge is 0.178 e. The van der Waals surface area contributed by atoms with E-state index in [4.69, 9.17) is 0 Å². The molecule has 0 spiro atoms. The number of azo groups is 1. The third-order valence-corrected chi connectivity index (χ3v) is 0.783. The summed E-state index contributed by atoms with van der Waals surface area (Å²) in [5.74, 6) is 0. The first-order valence-corrected chi connectivity index (χ1v) is 2.22. The van der Waals surface area contributed by atoms with Crippen molar-refractivity contribution in [3.63, 3.8) is 0 Å². The quantitative estimate of drug-likeness (QED) is 0.436. The van der Waals surface area contributed by atoms with Crippen LogP contribution in [0.2, 0.25) is 0 Å². The average Bonchev–Trinajstić information content (AvgIpc) is 1.84. The van der Waals surface area contributed by atoms with Crippen LogP contribution in [0.1, 0.15) is 13.8 Å². The van der Waals surface area contributed by atoms with Gasteiger partial charge in [0.25, 0.3) is 0 Å².